The molecule has 0 fully saturated rings. The van der Waals surface area contributed by atoms with E-state index in [1.165, 1.54) is 12.1 Å². The fraction of sp³-hybridized carbons (Fsp3) is 0.417. The highest BCUT2D eigenvalue weighted by Crippen LogP contribution is 2.29. The van der Waals surface area contributed by atoms with Gasteiger partial charge in [0.25, 0.3) is 0 Å². The molecule has 0 saturated carbocycles. The van der Waals surface area contributed by atoms with Crippen LogP contribution in [0.5, 0.6) is 0 Å². The number of halogens is 2. The molecule has 0 aliphatic heterocycles. The molecule has 0 bridgehead atoms. The van der Waals surface area contributed by atoms with E-state index in [1.54, 1.807) is 19.9 Å². The maximum atomic E-state index is 12.6. The molecule has 0 amide bonds. The number of carboxylic acid groups (broad SMARTS) is 1. The highest BCUT2D eigenvalue weighted by Gasteiger charge is 2.30. The van der Waals surface area contributed by atoms with Crippen molar-refractivity contribution in [1.82, 2.24) is 4.31 Å². The molecule has 1 aromatic rings. The minimum absolute atomic E-state index is 0.0264. The molecule has 5 nitrogen and oxygen atoms in total. The minimum Gasteiger partial charge on any atom is -0.481 e. The van der Waals surface area contributed by atoms with Gasteiger partial charge in [0.05, 0.1) is 11.4 Å². The summed E-state index contributed by atoms with van der Waals surface area (Å²) in [6.07, 6.45) is -0.263. The van der Waals surface area contributed by atoms with E-state index in [9.17, 15) is 13.2 Å². The summed E-state index contributed by atoms with van der Waals surface area (Å²) >= 11 is 9.18. The maximum absolute atomic E-state index is 12.6. The highest BCUT2D eigenvalue weighted by molar-refractivity contribution is 9.10. The van der Waals surface area contributed by atoms with Crippen LogP contribution in [-0.4, -0.2) is 36.4 Å². The van der Waals surface area contributed by atoms with E-state index < -0.39 is 22.0 Å². The standard InChI is InChI=1S/C12H15BrClNO4S/c1-3-15(8(2)6-12(16)17)20(18,19)11-5-4-9(13)7-10(11)14/h4-5,7-8H,3,6H2,1-2H3,(H,16,17). The summed E-state index contributed by atoms with van der Waals surface area (Å²) in [6, 6.07) is 3.82. The molecule has 0 radical (unpaired) electrons. The van der Waals surface area contributed by atoms with E-state index >= 15 is 0 Å². The van der Waals surface area contributed by atoms with Crippen LogP contribution in [0, 0.1) is 0 Å². The molecule has 1 aromatic carbocycles. The Morgan fingerprint density at radius 3 is 2.55 bits per heavy atom. The molecule has 112 valence electrons. The number of carboxylic acids is 1. The molecule has 20 heavy (non-hydrogen) atoms. The van der Waals surface area contributed by atoms with Crippen molar-refractivity contribution in [1.29, 1.82) is 0 Å². The number of hydrogen-bond acceptors (Lipinski definition) is 3. The van der Waals surface area contributed by atoms with Crippen LogP contribution in [0.4, 0.5) is 0 Å². The number of nitrogens with zero attached hydrogens (tertiary/aromatic N) is 1. The van der Waals surface area contributed by atoms with Crippen molar-refractivity contribution < 1.29 is 18.3 Å². The minimum atomic E-state index is -3.83. The van der Waals surface area contributed by atoms with Crippen LogP contribution >= 0.6 is 27.5 Å². The Morgan fingerprint density at radius 1 is 1.50 bits per heavy atom. The molecule has 8 heteroatoms. The van der Waals surface area contributed by atoms with Gasteiger partial charge in [-0.05, 0) is 25.1 Å². The predicted molar refractivity (Wildman–Crippen MR) is 80.4 cm³/mol. The zero-order valence-electron chi connectivity index (χ0n) is 11.0. The molecule has 0 saturated heterocycles. The van der Waals surface area contributed by atoms with E-state index in [0.717, 1.165) is 4.31 Å². The van der Waals surface area contributed by atoms with Crippen molar-refractivity contribution in [3.8, 4) is 0 Å². The first kappa shape index (κ1) is 17.4. The van der Waals surface area contributed by atoms with Gasteiger partial charge in [-0.25, -0.2) is 8.42 Å². The predicted octanol–water partition coefficient (Wildman–Crippen LogP) is 2.98. The van der Waals surface area contributed by atoms with Gasteiger partial charge in [-0.15, -0.1) is 0 Å². The van der Waals surface area contributed by atoms with Crippen LogP contribution in [0.15, 0.2) is 27.6 Å². The van der Waals surface area contributed by atoms with E-state index in [-0.39, 0.29) is 22.9 Å². The van der Waals surface area contributed by atoms with Gasteiger partial charge >= 0.3 is 5.97 Å². The first-order chi connectivity index (χ1) is 9.20. The zero-order valence-corrected chi connectivity index (χ0v) is 14.2. The summed E-state index contributed by atoms with van der Waals surface area (Å²) in [5.41, 5.74) is 0. The molecule has 0 aliphatic rings. The van der Waals surface area contributed by atoms with Gasteiger partial charge in [0.2, 0.25) is 10.0 Å². The summed E-state index contributed by atoms with van der Waals surface area (Å²) in [7, 11) is -3.83. The van der Waals surface area contributed by atoms with Gasteiger partial charge in [-0.1, -0.05) is 34.5 Å². The van der Waals surface area contributed by atoms with E-state index in [0.29, 0.717) is 4.47 Å². The number of benzene rings is 1. The van der Waals surface area contributed by atoms with Crippen LogP contribution in [0.25, 0.3) is 0 Å². The molecule has 1 unspecified atom stereocenters. The molecular weight excluding hydrogens is 370 g/mol. The van der Waals surface area contributed by atoms with E-state index in [1.807, 2.05) is 0 Å². The Hall–Kier alpha value is -0.630. The third-order valence-corrected chi connectivity index (χ3v) is 5.82. The molecular formula is C12H15BrClNO4S. The zero-order chi connectivity index (χ0) is 15.5. The lowest BCUT2D eigenvalue weighted by molar-refractivity contribution is -0.137. The summed E-state index contributed by atoms with van der Waals surface area (Å²) in [5, 5.41) is 8.90. The summed E-state index contributed by atoms with van der Waals surface area (Å²) in [6.45, 7) is 3.38. The molecule has 1 N–H and O–H groups in total. The topological polar surface area (TPSA) is 74.7 Å². The monoisotopic (exact) mass is 383 g/mol. The van der Waals surface area contributed by atoms with Gasteiger partial charge in [0.15, 0.2) is 0 Å². The highest BCUT2D eigenvalue weighted by atomic mass is 79.9. The lowest BCUT2D eigenvalue weighted by atomic mass is 10.2. The smallest absolute Gasteiger partial charge is 0.304 e. The van der Waals surface area contributed by atoms with Crippen LogP contribution in [0.3, 0.4) is 0 Å². The van der Waals surface area contributed by atoms with Crippen molar-refractivity contribution in [3.63, 3.8) is 0 Å². The van der Waals surface area contributed by atoms with Crippen LogP contribution in [-0.2, 0) is 14.8 Å². The quantitative estimate of drug-likeness (QED) is 0.818. The molecule has 0 heterocycles. The van der Waals surface area contributed by atoms with Crippen molar-refractivity contribution in [2.24, 2.45) is 0 Å². The second kappa shape index (κ2) is 6.89. The Morgan fingerprint density at radius 2 is 2.10 bits per heavy atom. The van der Waals surface area contributed by atoms with Gasteiger partial charge in [-0.3, -0.25) is 4.79 Å². The Kier molecular flexibility index (Phi) is 6.00. The Balaban J connectivity index is 3.21. The number of rotatable bonds is 6. The van der Waals surface area contributed by atoms with E-state index in [4.69, 9.17) is 16.7 Å². The molecule has 0 spiro atoms. The van der Waals surface area contributed by atoms with Crippen LogP contribution < -0.4 is 0 Å². The number of aliphatic carboxylic acids is 1. The van der Waals surface area contributed by atoms with Crippen LogP contribution in [0.1, 0.15) is 20.3 Å². The lowest BCUT2D eigenvalue weighted by Gasteiger charge is -2.26. The first-order valence-electron chi connectivity index (χ1n) is 5.88. The van der Waals surface area contributed by atoms with Gasteiger partial charge < -0.3 is 5.11 Å². The molecule has 1 atom stereocenters. The second-order valence-corrected chi connectivity index (χ2v) is 7.41. The van der Waals surface area contributed by atoms with Gasteiger partial charge in [-0.2, -0.15) is 4.31 Å². The van der Waals surface area contributed by atoms with Gasteiger partial charge in [0, 0.05) is 17.1 Å². The van der Waals surface area contributed by atoms with Gasteiger partial charge in [0.1, 0.15) is 4.90 Å². The average molecular weight is 385 g/mol. The fourth-order valence-electron chi connectivity index (χ4n) is 1.88. The number of carbonyl (C=O) groups is 1. The summed E-state index contributed by atoms with van der Waals surface area (Å²) in [4.78, 5) is 10.7. The van der Waals surface area contributed by atoms with Crippen molar-refractivity contribution in [2.75, 3.05) is 6.54 Å². The number of sulfonamides is 1. The molecule has 1 rings (SSSR count). The van der Waals surface area contributed by atoms with Crippen LogP contribution in [0.2, 0.25) is 5.02 Å². The average Bonchev–Trinajstić information content (AvgIpc) is 2.27. The SMILES string of the molecule is CCN(C(C)CC(=O)O)S(=O)(=O)c1ccc(Br)cc1Cl. The molecule has 0 aromatic heterocycles. The van der Waals surface area contributed by atoms with E-state index in [2.05, 4.69) is 15.9 Å². The second-order valence-electron chi connectivity index (χ2n) is 4.23. The summed E-state index contributed by atoms with van der Waals surface area (Å²) in [5.74, 6) is -1.05. The van der Waals surface area contributed by atoms with Crippen molar-refractivity contribution >= 4 is 43.5 Å². The first-order valence-corrected chi connectivity index (χ1v) is 8.50. The van der Waals surface area contributed by atoms with Crippen molar-refractivity contribution in [2.45, 2.75) is 31.2 Å². The summed E-state index contributed by atoms with van der Waals surface area (Å²) < 4.78 is 26.9. The normalized spacial score (nSPS) is 13.4. The van der Waals surface area contributed by atoms with Crippen molar-refractivity contribution in [3.05, 3.63) is 27.7 Å². The Labute approximate surface area is 131 Å². The largest absolute Gasteiger partial charge is 0.481 e. The Bertz CT molecular complexity index is 605. The third-order valence-electron chi connectivity index (χ3n) is 2.75. The fourth-order valence-corrected chi connectivity index (χ4v) is 4.54. The number of hydrogen-bond donors (Lipinski definition) is 1. The maximum Gasteiger partial charge on any atom is 0.304 e. The third kappa shape index (κ3) is 3.94. The molecule has 0 aliphatic carbocycles. The lowest BCUT2D eigenvalue weighted by Crippen LogP contribution is -2.39.